The van der Waals surface area contributed by atoms with Crippen molar-refractivity contribution in [1.82, 2.24) is 0 Å². The summed E-state index contributed by atoms with van der Waals surface area (Å²) < 4.78 is 6.18. The molecule has 0 saturated heterocycles. The first kappa shape index (κ1) is 17.0. The maximum absolute atomic E-state index is 12.8. The van der Waals surface area contributed by atoms with E-state index in [1.807, 2.05) is 36.0 Å². The van der Waals surface area contributed by atoms with Crippen LogP contribution in [0.4, 0.5) is 0 Å². The Hall–Kier alpha value is -1.47. The quantitative estimate of drug-likeness (QED) is 0.538. The van der Waals surface area contributed by atoms with Crippen molar-refractivity contribution in [2.24, 2.45) is 5.73 Å². The van der Waals surface area contributed by atoms with Crippen molar-refractivity contribution in [3.05, 3.63) is 50.6 Å². The van der Waals surface area contributed by atoms with Crippen LogP contribution in [0.1, 0.15) is 16.1 Å². The highest BCUT2D eigenvalue weighted by molar-refractivity contribution is 7.98. The van der Waals surface area contributed by atoms with Crippen molar-refractivity contribution in [3.63, 3.8) is 0 Å². The molecule has 0 saturated carbocycles. The average Bonchev–Trinajstić information content (AvgIpc) is 3.03. The third-order valence-electron chi connectivity index (χ3n) is 4.53. The number of aryl methyl sites for hydroxylation is 1. The first-order chi connectivity index (χ1) is 12.2. The number of hydrogen-bond acceptors (Lipinski definition) is 5. The van der Waals surface area contributed by atoms with Gasteiger partial charge in [0, 0.05) is 16.2 Å². The molecule has 1 aliphatic heterocycles. The number of aromatic nitrogens is 1. The topological polar surface area (TPSA) is 62.2 Å². The number of thioether (sulfide) groups is 1. The molecule has 3 aromatic rings. The number of pyridine rings is 1. The number of benzene rings is 1. The maximum atomic E-state index is 12.8. The largest absolute Gasteiger partial charge is 0.617 e. The first-order valence-electron chi connectivity index (χ1n) is 7.96. The van der Waals surface area contributed by atoms with E-state index >= 15 is 0 Å². The van der Waals surface area contributed by atoms with Crippen molar-refractivity contribution >= 4 is 44.9 Å². The van der Waals surface area contributed by atoms with E-state index in [-0.39, 0.29) is 6.54 Å². The van der Waals surface area contributed by atoms with Crippen LogP contribution in [0.15, 0.2) is 24.3 Å². The van der Waals surface area contributed by atoms with Crippen molar-refractivity contribution < 1.29 is 9.47 Å². The van der Waals surface area contributed by atoms with Crippen LogP contribution in [-0.4, -0.2) is 12.9 Å². The van der Waals surface area contributed by atoms with E-state index in [0.717, 1.165) is 44.9 Å². The number of nitrogens with zero attached hydrogens (tertiary/aromatic N) is 1. The first-order valence-corrected chi connectivity index (χ1v) is 10.3. The van der Waals surface area contributed by atoms with Crippen LogP contribution >= 0.6 is 34.7 Å². The molecule has 25 heavy (non-hydrogen) atoms. The van der Waals surface area contributed by atoms with E-state index in [0.29, 0.717) is 15.5 Å². The van der Waals surface area contributed by atoms with E-state index < -0.39 is 0 Å². The number of rotatable bonds is 3. The zero-order valence-corrected chi connectivity index (χ0v) is 16.1. The van der Waals surface area contributed by atoms with Crippen LogP contribution < -0.4 is 15.2 Å². The summed E-state index contributed by atoms with van der Waals surface area (Å²) in [6, 6.07) is 7.78. The molecule has 0 atom stereocenters. The van der Waals surface area contributed by atoms with Gasteiger partial charge in [-0.1, -0.05) is 35.1 Å². The average molecular weight is 393 g/mol. The molecule has 2 N–H and O–H groups in total. The highest BCUT2D eigenvalue weighted by Gasteiger charge is 2.29. The number of nitrogens with two attached hydrogens (primary N) is 1. The zero-order chi connectivity index (χ0) is 17.6. The Bertz CT molecular complexity index is 954. The van der Waals surface area contributed by atoms with Crippen molar-refractivity contribution in [2.75, 3.05) is 12.9 Å². The second kappa shape index (κ2) is 6.68. The Morgan fingerprint density at radius 2 is 2.08 bits per heavy atom. The van der Waals surface area contributed by atoms with Gasteiger partial charge in [0.25, 0.3) is 4.83 Å². The molecule has 0 radical (unpaired) electrons. The summed E-state index contributed by atoms with van der Waals surface area (Å²) in [5.74, 6) is 2.80. The molecule has 3 heterocycles. The molecule has 0 unspecified atom stereocenters. The van der Waals surface area contributed by atoms with Crippen molar-refractivity contribution in [2.45, 2.75) is 18.7 Å². The van der Waals surface area contributed by atoms with Gasteiger partial charge in [0.2, 0.25) is 5.69 Å². The van der Waals surface area contributed by atoms with Crippen LogP contribution in [0, 0.1) is 5.21 Å². The smallest absolute Gasteiger partial charge is 0.281 e. The lowest BCUT2D eigenvalue weighted by atomic mass is 9.97. The predicted octanol–water partition coefficient (Wildman–Crippen LogP) is 4.11. The second-order valence-electron chi connectivity index (χ2n) is 5.85. The van der Waals surface area contributed by atoms with Gasteiger partial charge in [-0.05, 0) is 35.4 Å². The van der Waals surface area contributed by atoms with Gasteiger partial charge < -0.3 is 15.7 Å². The molecule has 0 amide bonds. The van der Waals surface area contributed by atoms with E-state index in [2.05, 4.69) is 0 Å². The Kier molecular flexibility index (Phi) is 4.54. The molecule has 0 spiro atoms. The summed E-state index contributed by atoms with van der Waals surface area (Å²) in [6.45, 7) is 0.110. The number of ether oxygens (including phenoxy) is 1. The molecular weight excluding hydrogens is 376 g/mol. The van der Waals surface area contributed by atoms with Gasteiger partial charge in [0.1, 0.15) is 10.8 Å². The van der Waals surface area contributed by atoms with Crippen LogP contribution in [-0.2, 0) is 18.7 Å². The number of thiophene rings is 1. The second-order valence-corrected chi connectivity index (χ2v) is 8.42. The lowest BCUT2D eigenvalue weighted by Gasteiger charge is -2.15. The molecule has 0 fully saturated rings. The minimum absolute atomic E-state index is 0.110. The number of fused-ring (bicyclic) bond motifs is 3. The molecule has 4 nitrogen and oxygen atoms in total. The lowest BCUT2D eigenvalue weighted by molar-refractivity contribution is -0.583. The normalized spacial score (nSPS) is 13.9. The van der Waals surface area contributed by atoms with Gasteiger partial charge in [-0.15, -0.1) is 0 Å². The molecule has 0 aliphatic carbocycles. The summed E-state index contributed by atoms with van der Waals surface area (Å²) >= 11 is 10.1. The number of methoxy groups -OCH3 is 1. The standard InChI is InChI=1S/C18H17ClN2O2S2/c1-23-11-4-2-10(3-5-11)15-16-12-6-7-24-9-14(12)25-18(16)21(22)13(8-20)17(15)19/h2-5H,6-9,20H2,1H3. The molecule has 1 aromatic carbocycles. The van der Waals surface area contributed by atoms with Crippen LogP contribution in [0.5, 0.6) is 5.75 Å². The number of halogens is 1. The van der Waals surface area contributed by atoms with Gasteiger partial charge in [0.05, 0.1) is 19.0 Å². The Morgan fingerprint density at radius 1 is 1.32 bits per heavy atom. The summed E-state index contributed by atoms with van der Waals surface area (Å²) in [7, 11) is 1.64. The lowest BCUT2D eigenvalue weighted by Crippen LogP contribution is -2.34. The van der Waals surface area contributed by atoms with E-state index in [9.17, 15) is 5.21 Å². The summed E-state index contributed by atoms with van der Waals surface area (Å²) in [5.41, 5.74) is 9.41. The molecule has 0 bridgehead atoms. The predicted molar refractivity (Wildman–Crippen MR) is 106 cm³/mol. The Balaban J connectivity index is 2.08. The van der Waals surface area contributed by atoms with Gasteiger partial charge in [0.15, 0.2) is 0 Å². The van der Waals surface area contributed by atoms with Gasteiger partial charge in [-0.2, -0.15) is 16.5 Å². The third kappa shape index (κ3) is 2.68. The maximum Gasteiger partial charge on any atom is 0.281 e. The molecule has 2 aromatic heterocycles. The fourth-order valence-corrected chi connectivity index (χ4v) is 6.06. The van der Waals surface area contributed by atoms with Crippen molar-refractivity contribution in [1.29, 1.82) is 0 Å². The van der Waals surface area contributed by atoms with Crippen molar-refractivity contribution in [3.8, 4) is 16.9 Å². The van der Waals surface area contributed by atoms with Crippen LogP contribution in [0.25, 0.3) is 21.3 Å². The fraction of sp³-hybridized carbons (Fsp3) is 0.278. The van der Waals surface area contributed by atoms with Gasteiger partial charge >= 0.3 is 0 Å². The zero-order valence-electron chi connectivity index (χ0n) is 13.7. The van der Waals surface area contributed by atoms with Crippen LogP contribution in [0.2, 0.25) is 5.02 Å². The summed E-state index contributed by atoms with van der Waals surface area (Å²) in [4.78, 5) is 1.99. The minimum atomic E-state index is 0.110. The molecule has 130 valence electrons. The van der Waals surface area contributed by atoms with E-state index in [1.165, 1.54) is 10.4 Å². The van der Waals surface area contributed by atoms with Gasteiger partial charge in [-0.25, -0.2) is 0 Å². The van der Waals surface area contributed by atoms with E-state index in [4.69, 9.17) is 22.1 Å². The monoisotopic (exact) mass is 392 g/mol. The highest BCUT2D eigenvalue weighted by Crippen LogP contribution is 2.44. The highest BCUT2D eigenvalue weighted by atomic mass is 35.5. The van der Waals surface area contributed by atoms with E-state index in [1.54, 1.807) is 18.4 Å². The van der Waals surface area contributed by atoms with Crippen LogP contribution in [0.3, 0.4) is 0 Å². The molecule has 4 rings (SSSR count). The third-order valence-corrected chi connectivity index (χ3v) is 7.30. The molecule has 1 aliphatic rings. The fourth-order valence-electron chi connectivity index (χ4n) is 3.29. The molecule has 7 heteroatoms. The minimum Gasteiger partial charge on any atom is -0.617 e. The summed E-state index contributed by atoms with van der Waals surface area (Å²) in [5, 5.41) is 14.3. The Labute approximate surface area is 159 Å². The SMILES string of the molecule is COc1ccc(-c2c(Cl)c(CN)[n+]([O-])c3sc4c(c23)CCSC4)cc1. The molecular formula is C18H17ClN2O2S2. The summed E-state index contributed by atoms with van der Waals surface area (Å²) in [6.07, 6.45) is 0.960. The van der Waals surface area contributed by atoms with Gasteiger partial charge in [-0.3, -0.25) is 0 Å². The number of hydrogen-bond donors (Lipinski definition) is 1. The Morgan fingerprint density at radius 3 is 2.76 bits per heavy atom.